The highest BCUT2D eigenvalue weighted by Crippen LogP contribution is 2.41. The molecule has 0 amide bonds. The van der Waals surface area contributed by atoms with Crippen LogP contribution in [0.4, 0.5) is 13.2 Å². The largest absolute Gasteiger partial charge is 0.391 e. The molecular weight excluding hydrogens is 271 g/mol. The van der Waals surface area contributed by atoms with Crippen molar-refractivity contribution >= 4 is 11.3 Å². The summed E-state index contributed by atoms with van der Waals surface area (Å²) in [7, 11) is 1.86. The molecule has 1 N–H and O–H groups in total. The van der Waals surface area contributed by atoms with Crippen LogP contribution in [0.5, 0.6) is 0 Å². The molecule has 0 saturated heterocycles. The van der Waals surface area contributed by atoms with Gasteiger partial charge in [0.2, 0.25) is 0 Å². The molecule has 1 nitrogen and oxygen atoms in total. The summed E-state index contributed by atoms with van der Waals surface area (Å²) in [6, 6.07) is 4.20. The minimum atomic E-state index is -4.03. The molecule has 108 valence electrons. The topological polar surface area (TPSA) is 12.0 Å². The summed E-state index contributed by atoms with van der Waals surface area (Å²) in [6.07, 6.45) is -1.01. The summed E-state index contributed by atoms with van der Waals surface area (Å²) in [5.41, 5.74) is 0. The van der Waals surface area contributed by atoms with E-state index in [0.717, 1.165) is 12.8 Å². The summed E-state index contributed by atoms with van der Waals surface area (Å²) in [5, 5.41) is 5.24. The van der Waals surface area contributed by atoms with E-state index in [4.69, 9.17) is 0 Å². The van der Waals surface area contributed by atoms with E-state index in [1.165, 1.54) is 4.88 Å². The molecule has 1 fully saturated rings. The monoisotopic (exact) mass is 291 g/mol. The third kappa shape index (κ3) is 3.96. The molecule has 0 aromatic carbocycles. The predicted molar refractivity (Wildman–Crippen MR) is 72.4 cm³/mol. The molecule has 0 bridgehead atoms. The second kappa shape index (κ2) is 6.27. The molecule has 5 heteroatoms. The van der Waals surface area contributed by atoms with E-state index < -0.39 is 12.1 Å². The average molecular weight is 291 g/mol. The van der Waals surface area contributed by atoms with Crippen molar-refractivity contribution < 1.29 is 13.2 Å². The maximum absolute atomic E-state index is 12.8. The van der Waals surface area contributed by atoms with Crippen molar-refractivity contribution in [3.05, 3.63) is 22.4 Å². The number of alkyl halides is 3. The number of nitrogens with one attached hydrogen (secondary N) is 1. The molecule has 1 saturated carbocycles. The van der Waals surface area contributed by atoms with Crippen LogP contribution in [0.1, 0.15) is 30.6 Å². The maximum Gasteiger partial charge on any atom is 0.391 e. The first-order chi connectivity index (χ1) is 9.00. The van der Waals surface area contributed by atoms with Crippen LogP contribution >= 0.6 is 11.3 Å². The first-order valence-electron chi connectivity index (χ1n) is 6.77. The highest BCUT2D eigenvalue weighted by molar-refractivity contribution is 7.09. The molecule has 1 aliphatic carbocycles. The Kier molecular flexibility index (Phi) is 4.90. The lowest BCUT2D eigenvalue weighted by Crippen LogP contribution is -2.40. The van der Waals surface area contributed by atoms with Gasteiger partial charge in [0, 0.05) is 10.9 Å². The van der Waals surface area contributed by atoms with Crippen LogP contribution in [0.15, 0.2) is 17.5 Å². The Hall–Kier alpha value is -0.550. The van der Waals surface area contributed by atoms with E-state index in [-0.39, 0.29) is 18.4 Å². The van der Waals surface area contributed by atoms with Crippen molar-refractivity contribution in [1.29, 1.82) is 0 Å². The van der Waals surface area contributed by atoms with Crippen LogP contribution in [0.25, 0.3) is 0 Å². The summed E-state index contributed by atoms with van der Waals surface area (Å²) in [4.78, 5) is 1.24. The van der Waals surface area contributed by atoms with Crippen LogP contribution in [0, 0.1) is 11.8 Å². The molecule has 3 atom stereocenters. The molecule has 1 aromatic rings. The number of likely N-dealkylation sites (N-methyl/N-ethyl adjacent to an activating group) is 1. The van der Waals surface area contributed by atoms with Gasteiger partial charge < -0.3 is 5.32 Å². The smallest absolute Gasteiger partial charge is 0.316 e. The Morgan fingerprint density at radius 2 is 2.21 bits per heavy atom. The molecule has 1 aliphatic rings. The molecule has 19 heavy (non-hydrogen) atoms. The minimum absolute atomic E-state index is 0.132. The van der Waals surface area contributed by atoms with E-state index >= 15 is 0 Å². The van der Waals surface area contributed by atoms with Gasteiger partial charge in [-0.2, -0.15) is 13.2 Å². The van der Waals surface area contributed by atoms with Crippen molar-refractivity contribution in [3.8, 4) is 0 Å². The fourth-order valence-corrected chi connectivity index (χ4v) is 3.81. The molecule has 1 aromatic heterocycles. The van der Waals surface area contributed by atoms with Crippen LogP contribution in [-0.4, -0.2) is 19.3 Å². The van der Waals surface area contributed by atoms with Crippen molar-refractivity contribution in [2.24, 2.45) is 11.8 Å². The third-order valence-corrected chi connectivity index (χ3v) is 5.02. The summed E-state index contributed by atoms with van der Waals surface area (Å²) in [6.45, 7) is 0. The van der Waals surface area contributed by atoms with Crippen molar-refractivity contribution in [2.45, 2.75) is 44.3 Å². The van der Waals surface area contributed by atoms with Gasteiger partial charge in [-0.05, 0) is 50.1 Å². The number of thiophene rings is 1. The SMILES string of the molecule is CNC(Cc1cccs1)C1CCCC(C(F)(F)F)C1. The quantitative estimate of drug-likeness (QED) is 0.874. The molecule has 2 rings (SSSR count). The standard InChI is InChI=1S/C14H20F3NS/c1-18-13(9-12-6-3-7-19-12)10-4-2-5-11(8-10)14(15,16)17/h3,6-7,10-11,13,18H,2,4-5,8-9H2,1H3. The van der Waals surface area contributed by atoms with Crippen LogP contribution < -0.4 is 5.32 Å². The van der Waals surface area contributed by atoms with E-state index in [1.807, 2.05) is 18.5 Å². The second-order valence-corrected chi connectivity index (χ2v) is 6.38. The van der Waals surface area contributed by atoms with E-state index in [1.54, 1.807) is 11.3 Å². The molecule has 0 aliphatic heterocycles. The molecule has 3 unspecified atom stereocenters. The zero-order valence-electron chi connectivity index (χ0n) is 11.0. The van der Waals surface area contributed by atoms with Gasteiger partial charge in [0.05, 0.1) is 5.92 Å². The van der Waals surface area contributed by atoms with Gasteiger partial charge in [-0.15, -0.1) is 11.3 Å². The average Bonchev–Trinajstić information content (AvgIpc) is 2.88. The fourth-order valence-electron chi connectivity index (χ4n) is 3.04. The Labute approximate surface area is 116 Å². The molecule has 0 spiro atoms. The maximum atomic E-state index is 12.8. The minimum Gasteiger partial charge on any atom is -0.316 e. The van der Waals surface area contributed by atoms with Crippen molar-refractivity contribution in [1.82, 2.24) is 5.32 Å². The fraction of sp³-hybridized carbons (Fsp3) is 0.714. The zero-order valence-corrected chi connectivity index (χ0v) is 11.9. The summed E-state index contributed by atoms with van der Waals surface area (Å²) < 4.78 is 38.5. The van der Waals surface area contributed by atoms with Gasteiger partial charge in [0.1, 0.15) is 0 Å². The lowest BCUT2D eigenvalue weighted by molar-refractivity contribution is -0.186. The third-order valence-electron chi connectivity index (χ3n) is 4.12. The van der Waals surface area contributed by atoms with E-state index in [0.29, 0.717) is 12.8 Å². The van der Waals surface area contributed by atoms with E-state index in [2.05, 4.69) is 11.4 Å². The van der Waals surface area contributed by atoms with Crippen LogP contribution in [0.3, 0.4) is 0 Å². The molecule has 1 heterocycles. The number of halogens is 3. The van der Waals surface area contributed by atoms with Gasteiger partial charge in [-0.3, -0.25) is 0 Å². The highest BCUT2D eigenvalue weighted by Gasteiger charge is 2.43. The highest BCUT2D eigenvalue weighted by atomic mass is 32.1. The first kappa shape index (κ1) is 14.9. The number of rotatable bonds is 4. The molecule has 0 radical (unpaired) electrons. The second-order valence-electron chi connectivity index (χ2n) is 5.34. The number of hydrogen-bond donors (Lipinski definition) is 1. The van der Waals surface area contributed by atoms with Gasteiger partial charge in [-0.25, -0.2) is 0 Å². The van der Waals surface area contributed by atoms with Gasteiger partial charge in [0.15, 0.2) is 0 Å². The summed E-state index contributed by atoms with van der Waals surface area (Å²) >= 11 is 1.67. The van der Waals surface area contributed by atoms with Crippen LogP contribution in [0.2, 0.25) is 0 Å². The molecular formula is C14H20F3NS. The Morgan fingerprint density at radius 1 is 1.42 bits per heavy atom. The number of hydrogen-bond acceptors (Lipinski definition) is 2. The van der Waals surface area contributed by atoms with Gasteiger partial charge >= 0.3 is 6.18 Å². The Balaban J connectivity index is 1.98. The normalized spacial score (nSPS) is 26.3. The summed E-state index contributed by atoms with van der Waals surface area (Å²) in [5.74, 6) is -0.974. The Morgan fingerprint density at radius 3 is 2.79 bits per heavy atom. The predicted octanol–water partition coefficient (Wildman–Crippen LogP) is 4.25. The van der Waals surface area contributed by atoms with Gasteiger partial charge in [0.25, 0.3) is 0 Å². The van der Waals surface area contributed by atoms with E-state index in [9.17, 15) is 13.2 Å². The Bertz CT molecular complexity index is 375. The van der Waals surface area contributed by atoms with Crippen molar-refractivity contribution in [3.63, 3.8) is 0 Å². The van der Waals surface area contributed by atoms with Gasteiger partial charge in [-0.1, -0.05) is 12.5 Å². The first-order valence-corrected chi connectivity index (χ1v) is 7.65. The zero-order chi connectivity index (χ0) is 13.9. The van der Waals surface area contributed by atoms with Crippen LogP contribution in [-0.2, 0) is 6.42 Å². The lowest BCUT2D eigenvalue weighted by Gasteiger charge is -2.35. The lowest BCUT2D eigenvalue weighted by atomic mass is 9.76. The van der Waals surface area contributed by atoms with Crippen molar-refractivity contribution in [2.75, 3.05) is 7.05 Å².